The molecule has 2 aromatic heterocycles. The van der Waals surface area contributed by atoms with Gasteiger partial charge in [0.2, 0.25) is 0 Å². The summed E-state index contributed by atoms with van der Waals surface area (Å²) in [5.74, 6) is -0.257. The number of nitrogens with zero attached hydrogens (tertiary/aromatic N) is 4. The number of fused-ring (bicyclic) bond motifs is 1. The van der Waals surface area contributed by atoms with E-state index < -0.39 is 0 Å². The molecule has 1 aliphatic rings. The van der Waals surface area contributed by atoms with Crippen LogP contribution in [0.4, 0.5) is 15.8 Å². The normalized spacial score (nSPS) is 15.1. The maximum atomic E-state index is 14.1. The van der Waals surface area contributed by atoms with Crippen molar-refractivity contribution in [1.29, 1.82) is 0 Å². The summed E-state index contributed by atoms with van der Waals surface area (Å²) in [6.07, 6.45) is 3.65. The smallest absolute Gasteiger partial charge is 0.149 e. The molecule has 1 aromatic carbocycles. The Kier molecular flexibility index (Phi) is 3.76. The van der Waals surface area contributed by atoms with Gasteiger partial charge in [0.15, 0.2) is 0 Å². The first-order valence-corrected chi connectivity index (χ1v) is 8.18. The van der Waals surface area contributed by atoms with Gasteiger partial charge < -0.3 is 9.80 Å². The average Bonchev–Trinajstić information content (AvgIpc) is 2.63. The van der Waals surface area contributed by atoms with Gasteiger partial charge in [-0.3, -0.25) is 4.98 Å². The summed E-state index contributed by atoms with van der Waals surface area (Å²) in [7, 11) is 0. The van der Waals surface area contributed by atoms with Gasteiger partial charge in [-0.2, -0.15) is 0 Å². The second-order valence-electron chi connectivity index (χ2n) is 6.10. The van der Waals surface area contributed by atoms with E-state index in [-0.39, 0.29) is 5.82 Å². The number of halogens is 1. The largest absolute Gasteiger partial charge is 0.368 e. The van der Waals surface area contributed by atoms with E-state index >= 15 is 0 Å². The minimum atomic E-state index is -0.257. The number of anilines is 2. The lowest BCUT2D eigenvalue weighted by atomic mass is 10.1. The van der Waals surface area contributed by atoms with Crippen LogP contribution in [0.15, 0.2) is 48.8 Å². The molecule has 1 saturated heterocycles. The van der Waals surface area contributed by atoms with Crippen molar-refractivity contribution >= 4 is 22.3 Å². The van der Waals surface area contributed by atoms with Gasteiger partial charge in [-0.05, 0) is 31.2 Å². The molecule has 0 atom stereocenters. The summed E-state index contributed by atoms with van der Waals surface area (Å²) >= 11 is 0. The fourth-order valence-electron chi connectivity index (χ4n) is 3.34. The molecule has 122 valence electrons. The highest BCUT2D eigenvalue weighted by Gasteiger charge is 2.20. The number of benzene rings is 1. The van der Waals surface area contributed by atoms with E-state index in [4.69, 9.17) is 0 Å². The van der Waals surface area contributed by atoms with Crippen LogP contribution in [0.25, 0.3) is 10.9 Å². The first-order chi connectivity index (χ1) is 11.7. The number of aromatic nitrogens is 2. The van der Waals surface area contributed by atoms with Gasteiger partial charge in [0.25, 0.3) is 0 Å². The highest BCUT2D eigenvalue weighted by molar-refractivity contribution is 5.92. The van der Waals surface area contributed by atoms with E-state index in [0.29, 0.717) is 5.52 Å². The van der Waals surface area contributed by atoms with Gasteiger partial charge in [-0.1, -0.05) is 12.1 Å². The quantitative estimate of drug-likeness (QED) is 0.724. The van der Waals surface area contributed by atoms with Crippen LogP contribution in [0, 0.1) is 12.7 Å². The molecule has 1 fully saturated rings. The minimum absolute atomic E-state index is 0.257. The van der Waals surface area contributed by atoms with Crippen LogP contribution < -0.4 is 9.80 Å². The Morgan fingerprint density at radius 1 is 0.958 bits per heavy atom. The van der Waals surface area contributed by atoms with E-state index in [1.165, 1.54) is 11.8 Å². The second-order valence-corrected chi connectivity index (χ2v) is 6.10. The van der Waals surface area contributed by atoms with Gasteiger partial charge >= 0.3 is 0 Å². The Morgan fingerprint density at radius 3 is 2.42 bits per heavy atom. The van der Waals surface area contributed by atoms with Crippen LogP contribution in [-0.4, -0.2) is 36.1 Å². The molecule has 0 radical (unpaired) electrons. The highest BCUT2D eigenvalue weighted by atomic mass is 19.1. The third-order valence-corrected chi connectivity index (χ3v) is 4.54. The maximum absolute atomic E-state index is 14.1. The van der Waals surface area contributed by atoms with Gasteiger partial charge in [-0.25, -0.2) is 9.37 Å². The van der Waals surface area contributed by atoms with Crippen LogP contribution in [0.2, 0.25) is 0 Å². The van der Waals surface area contributed by atoms with Gasteiger partial charge in [0.05, 0.1) is 0 Å². The molecular formula is C19H19FN4. The molecule has 1 aliphatic heterocycles. The number of hydrogen-bond acceptors (Lipinski definition) is 4. The summed E-state index contributed by atoms with van der Waals surface area (Å²) in [6, 6.07) is 11.3. The van der Waals surface area contributed by atoms with Crippen molar-refractivity contribution in [2.24, 2.45) is 0 Å². The summed E-state index contributed by atoms with van der Waals surface area (Å²) in [5, 5.41) is 0.887. The fraction of sp³-hybridized carbons (Fsp3) is 0.263. The molecule has 0 unspecified atom stereocenters. The van der Waals surface area contributed by atoms with Crippen LogP contribution >= 0.6 is 0 Å². The number of rotatable bonds is 2. The molecule has 0 saturated carbocycles. The van der Waals surface area contributed by atoms with Gasteiger partial charge in [0.1, 0.15) is 11.3 Å². The second kappa shape index (κ2) is 6.07. The zero-order chi connectivity index (χ0) is 16.5. The van der Waals surface area contributed by atoms with Gasteiger partial charge in [-0.15, -0.1) is 0 Å². The van der Waals surface area contributed by atoms with Gasteiger partial charge in [0, 0.05) is 61.0 Å². The molecule has 4 nitrogen and oxygen atoms in total. The summed E-state index contributed by atoms with van der Waals surface area (Å²) < 4.78 is 14.1. The van der Waals surface area contributed by atoms with Crippen molar-refractivity contribution in [3.05, 3.63) is 60.3 Å². The zero-order valence-corrected chi connectivity index (χ0v) is 13.6. The molecular weight excluding hydrogens is 303 g/mol. The van der Waals surface area contributed by atoms with Crippen molar-refractivity contribution in [3.63, 3.8) is 0 Å². The number of pyridine rings is 2. The Hall–Kier alpha value is -2.69. The fourth-order valence-corrected chi connectivity index (χ4v) is 3.34. The molecule has 3 aromatic rings. The Labute approximate surface area is 140 Å². The number of hydrogen-bond donors (Lipinski definition) is 0. The van der Waals surface area contributed by atoms with Crippen LogP contribution in [0.1, 0.15) is 5.69 Å². The van der Waals surface area contributed by atoms with Crippen LogP contribution in [0.5, 0.6) is 0 Å². The predicted octanol–water partition coefficient (Wildman–Crippen LogP) is 3.40. The van der Waals surface area contributed by atoms with Crippen LogP contribution in [0.3, 0.4) is 0 Å². The molecule has 5 heteroatoms. The number of para-hydroxylation sites is 1. The summed E-state index contributed by atoms with van der Waals surface area (Å²) in [5.41, 5.74) is 3.58. The van der Waals surface area contributed by atoms with Crippen molar-refractivity contribution in [1.82, 2.24) is 9.97 Å². The molecule has 0 bridgehead atoms. The van der Waals surface area contributed by atoms with E-state index in [9.17, 15) is 4.39 Å². The molecule has 0 aliphatic carbocycles. The summed E-state index contributed by atoms with van der Waals surface area (Å²) in [4.78, 5) is 13.1. The molecule has 24 heavy (non-hydrogen) atoms. The Bertz CT molecular complexity index is 858. The van der Waals surface area contributed by atoms with Crippen molar-refractivity contribution in [3.8, 4) is 0 Å². The molecule has 0 amide bonds. The molecule has 4 rings (SSSR count). The standard InChI is InChI=1S/C19H19FN4/c1-14-13-18(16-3-2-4-17(20)19(16)22-14)24-11-9-23(10-12-24)15-5-7-21-8-6-15/h2-8,13H,9-12H2,1H3. The average molecular weight is 322 g/mol. The van der Waals surface area contributed by atoms with Crippen LogP contribution in [-0.2, 0) is 0 Å². The predicted molar refractivity (Wildman–Crippen MR) is 95.1 cm³/mol. The van der Waals surface area contributed by atoms with E-state index in [2.05, 4.69) is 25.8 Å². The lowest BCUT2D eigenvalue weighted by Gasteiger charge is -2.37. The third kappa shape index (κ3) is 2.66. The zero-order valence-electron chi connectivity index (χ0n) is 13.6. The maximum Gasteiger partial charge on any atom is 0.149 e. The topological polar surface area (TPSA) is 32.3 Å². The number of aryl methyl sites for hydroxylation is 1. The number of piperazine rings is 1. The first-order valence-electron chi connectivity index (χ1n) is 8.18. The first kappa shape index (κ1) is 14.9. The lowest BCUT2D eigenvalue weighted by Crippen LogP contribution is -2.46. The van der Waals surface area contributed by atoms with E-state index in [1.807, 2.05) is 37.5 Å². The lowest BCUT2D eigenvalue weighted by molar-refractivity contribution is 0.635. The SMILES string of the molecule is Cc1cc(N2CCN(c3ccncc3)CC2)c2cccc(F)c2n1. The van der Waals surface area contributed by atoms with Crippen molar-refractivity contribution < 1.29 is 4.39 Å². The molecule has 0 N–H and O–H groups in total. The van der Waals surface area contributed by atoms with Crippen molar-refractivity contribution in [2.45, 2.75) is 6.92 Å². The molecule has 3 heterocycles. The minimum Gasteiger partial charge on any atom is -0.368 e. The Morgan fingerprint density at radius 2 is 1.67 bits per heavy atom. The highest BCUT2D eigenvalue weighted by Crippen LogP contribution is 2.29. The summed E-state index contributed by atoms with van der Waals surface area (Å²) in [6.45, 7) is 5.59. The van der Waals surface area contributed by atoms with E-state index in [1.54, 1.807) is 6.07 Å². The van der Waals surface area contributed by atoms with Crippen molar-refractivity contribution in [2.75, 3.05) is 36.0 Å². The van der Waals surface area contributed by atoms with E-state index in [0.717, 1.165) is 42.9 Å². The molecule has 0 spiro atoms. The third-order valence-electron chi connectivity index (χ3n) is 4.54. The monoisotopic (exact) mass is 322 g/mol. The Balaban J connectivity index is 1.62.